The molecule has 0 bridgehead atoms. The van der Waals surface area contributed by atoms with Gasteiger partial charge in [-0.1, -0.05) is 32.9 Å². The summed E-state index contributed by atoms with van der Waals surface area (Å²) in [6.07, 6.45) is 0.0241. The van der Waals surface area contributed by atoms with Crippen molar-refractivity contribution in [3.63, 3.8) is 0 Å². The molecule has 1 aromatic rings. The number of alkyl halides is 3. The first kappa shape index (κ1) is 18.8. The van der Waals surface area contributed by atoms with E-state index in [1.54, 1.807) is 12.1 Å². The van der Waals surface area contributed by atoms with E-state index in [2.05, 4.69) is 25.0 Å². The lowest BCUT2D eigenvalue weighted by Crippen LogP contribution is -2.26. The molecule has 126 valence electrons. The number of hydrogen-bond donors (Lipinski definition) is 0. The summed E-state index contributed by atoms with van der Waals surface area (Å²) in [4.78, 5) is 0. The van der Waals surface area contributed by atoms with Crippen molar-refractivity contribution in [1.82, 2.24) is 0 Å². The van der Waals surface area contributed by atoms with E-state index in [9.17, 15) is 21.6 Å². The predicted octanol–water partition coefficient (Wildman–Crippen LogP) is 3.62. The molecule has 0 aromatic heterocycles. The standard InChI is InChI=1S/C14H19F3O4S/c1-13(2,3)11-5-7-12(8-6-11)20-9-4-10-21-22(18,19)14(15,16)17/h5-8H,4,9-10H2,1-3H3. The maximum atomic E-state index is 12.0. The Bertz CT molecular complexity index is 572. The molecule has 0 fully saturated rings. The van der Waals surface area contributed by atoms with Crippen LogP contribution in [0.4, 0.5) is 13.2 Å². The van der Waals surface area contributed by atoms with Crippen molar-refractivity contribution in [3.8, 4) is 5.75 Å². The first-order chi connectivity index (χ1) is 9.93. The summed E-state index contributed by atoms with van der Waals surface area (Å²) in [5.74, 6) is 0.562. The largest absolute Gasteiger partial charge is 0.523 e. The van der Waals surface area contributed by atoms with Crippen molar-refractivity contribution in [2.45, 2.75) is 38.1 Å². The second-order valence-electron chi connectivity index (χ2n) is 5.70. The van der Waals surface area contributed by atoms with Gasteiger partial charge in [-0.3, -0.25) is 4.18 Å². The molecule has 0 N–H and O–H groups in total. The molecule has 1 rings (SSSR count). The maximum absolute atomic E-state index is 12.0. The van der Waals surface area contributed by atoms with Crippen LogP contribution in [0, 0.1) is 0 Å². The molecule has 0 radical (unpaired) electrons. The van der Waals surface area contributed by atoms with Crippen molar-refractivity contribution in [2.75, 3.05) is 13.2 Å². The van der Waals surface area contributed by atoms with Crippen LogP contribution in [0.5, 0.6) is 5.75 Å². The summed E-state index contributed by atoms with van der Waals surface area (Å²) in [6.45, 7) is 5.69. The molecule has 0 aliphatic heterocycles. The number of halogens is 3. The zero-order valence-electron chi connectivity index (χ0n) is 12.6. The van der Waals surface area contributed by atoms with Crippen molar-refractivity contribution in [2.24, 2.45) is 0 Å². The summed E-state index contributed by atoms with van der Waals surface area (Å²) in [7, 11) is -5.52. The molecule has 0 aliphatic rings. The van der Waals surface area contributed by atoms with Gasteiger partial charge in [0.1, 0.15) is 5.75 Å². The van der Waals surface area contributed by atoms with E-state index in [0.717, 1.165) is 5.56 Å². The van der Waals surface area contributed by atoms with Gasteiger partial charge in [-0.05, 0) is 23.1 Å². The molecule has 0 unspecified atom stereocenters. The Kier molecular flexibility index (Phi) is 5.86. The van der Waals surface area contributed by atoms with Gasteiger partial charge in [-0.2, -0.15) is 21.6 Å². The van der Waals surface area contributed by atoms with Gasteiger partial charge >= 0.3 is 15.6 Å². The highest BCUT2D eigenvalue weighted by atomic mass is 32.2. The second kappa shape index (κ2) is 6.87. The molecule has 0 saturated heterocycles. The zero-order chi connectivity index (χ0) is 17.0. The minimum absolute atomic E-state index is 0.0122. The average molecular weight is 340 g/mol. The lowest BCUT2D eigenvalue weighted by atomic mass is 9.87. The Hall–Kier alpha value is -1.28. The molecule has 0 aliphatic carbocycles. The first-order valence-corrected chi connectivity index (χ1v) is 8.03. The van der Waals surface area contributed by atoms with Crippen LogP contribution in [0.1, 0.15) is 32.8 Å². The fourth-order valence-electron chi connectivity index (χ4n) is 1.54. The first-order valence-electron chi connectivity index (χ1n) is 6.62. The van der Waals surface area contributed by atoms with E-state index < -0.39 is 22.2 Å². The quantitative estimate of drug-likeness (QED) is 0.451. The molecule has 0 atom stereocenters. The van der Waals surface area contributed by atoms with Gasteiger partial charge < -0.3 is 4.74 Å². The lowest BCUT2D eigenvalue weighted by Gasteiger charge is -2.19. The average Bonchev–Trinajstić information content (AvgIpc) is 2.36. The van der Waals surface area contributed by atoms with Crippen molar-refractivity contribution >= 4 is 10.1 Å². The molecule has 0 spiro atoms. The predicted molar refractivity (Wildman–Crippen MR) is 76.2 cm³/mol. The summed E-state index contributed by atoms with van der Waals surface area (Å²) in [5.41, 5.74) is -4.26. The van der Waals surface area contributed by atoms with Gasteiger partial charge in [0.25, 0.3) is 0 Å². The van der Waals surface area contributed by atoms with Crippen molar-refractivity contribution in [3.05, 3.63) is 29.8 Å². The lowest BCUT2D eigenvalue weighted by molar-refractivity contribution is -0.0544. The molecule has 4 nitrogen and oxygen atoms in total. The number of rotatable bonds is 6. The maximum Gasteiger partial charge on any atom is 0.523 e. The molecular weight excluding hydrogens is 321 g/mol. The Morgan fingerprint density at radius 1 is 1.00 bits per heavy atom. The van der Waals surface area contributed by atoms with E-state index in [1.165, 1.54) is 0 Å². The van der Waals surface area contributed by atoms with Crippen LogP contribution in [0.25, 0.3) is 0 Å². The third-order valence-electron chi connectivity index (χ3n) is 2.80. The van der Waals surface area contributed by atoms with Crippen LogP contribution < -0.4 is 4.74 Å². The van der Waals surface area contributed by atoms with E-state index in [1.807, 2.05) is 12.1 Å². The third kappa shape index (κ3) is 5.49. The van der Waals surface area contributed by atoms with Crippen LogP contribution in [-0.4, -0.2) is 27.1 Å². The highest BCUT2D eigenvalue weighted by Crippen LogP contribution is 2.25. The summed E-state index contributed by atoms with van der Waals surface area (Å²) in [6, 6.07) is 7.32. The van der Waals surface area contributed by atoms with Gasteiger partial charge in [-0.25, -0.2) is 0 Å². The van der Waals surface area contributed by atoms with Gasteiger partial charge in [0, 0.05) is 6.42 Å². The molecule has 22 heavy (non-hydrogen) atoms. The van der Waals surface area contributed by atoms with E-state index in [0.29, 0.717) is 5.75 Å². The van der Waals surface area contributed by atoms with Crippen molar-refractivity contribution in [1.29, 1.82) is 0 Å². The van der Waals surface area contributed by atoms with Crippen molar-refractivity contribution < 1.29 is 30.5 Å². The molecule has 8 heteroatoms. The van der Waals surface area contributed by atoms with E-state index in [4.69, 9.17) is 4.74 Å². The Balaban J connectivity index is 2.37. The number of benzene rings is 1. The number of ether oxygens (including phenoxy) is 1. The monoisotopic (exact) mass is 340 g/mol. The SMILES string of the molecule is CC(C)(C)c1ccc(OCCCOS(=O)(=O)C(F)(F)F)cc1. The van der Waals surface area contributed by atoms with Gasteiger partial charge in [0.2, 0.25) is 0 Å². The Morgan fingerprint density at radius 2 is 1.55 bits per heavy atom. The molecule has 0 amide bonds. The van der Waals surface area contributed by atoms with Crippen LogP contribution in [-0.2, 0) is 19.7 Å². The smallest absolute Gasteiger partial charge is 0.494 e. The third-order valence-corrected chi connectivity index (χ3v) is 3.84. The minimum Gasteiger partial charge on any atom is -0.494 e. The minimum atomic E-state index is -5.52. The molecule has 0 heterocycles. The topological polar surface area (TPSA) is 52.6 Å². The Labute approximate surface area is 128 Å². The normalized spacial score (nSPS) is 13.2. The summed E-state index contributed by atoms with van der Waals surface area (Å²) >= 11 is 0. The van der Waals surface area contributed by atoms with Gasteiger partial charge in [-0.15, -0.1) is 0 Å². The van der Waals surface area contributed by atoms with Crippen LogP contribution in [0.2, 0.25) is 0 Å². The molecule has 0 saturated carbocycles. The fraction of sp³-hybridized carbons (Fsp3) is 0.571. The fourth-order valence-corrected chi connectivity index (χ4v) is 2.01. The summed E-state index contributed by atoms with van der Waals surface area (Å²) < 4.78 is 66.4. The highest BCUT2D eigenvalue weighted by Gasteiger charge is 2.47. The number of hydrogen-bond acceptors (Lipinski definition) is 4. The van der Waals surface area contributed by atoms with Gasteiger partial charge in [0.15, 0.2) is 0 Å². The van der Waals surface area contributed by atoms with Crippen LogP contribution in [0.15, 0.2) is 24.3 Å². The van der Waals surface area contributed by atoms with E-state index in [-0.39, 0.29) is 18.4 Å². The zero-order valence-corrected chi connectivity index (χ0v) is 13.4. The second-order valence-corrected chi connectivity index (χ2v) is 7.31. The molecular formula is C14H19F3O4S. The molecule has 1 aromatic carbocycles. The van der Waals surface area contributed by atoms with Crippen LogP contribution >= 0.6 is 0 Å². The van der Waals surface area contributed by atoms with Gasteiger partial charge in [0.05, 0.1) is 13.2 Å². The Morgan fingerprint density at radius 3 is 2.00 bits per heavy atom. The highest BCUT2D eigenvalue weighted by molar-refractivity contribution is 7.87. The van der Waals surface area contributed by atoms with E-state index >= 15 is 0 Å². The van der Waals surface area contributed by atoms with Crippen LogP contribution in [0.3, 0.4) is 0 Å². The summed E-state index contributed by atoms with van der Waals surface area (Å²) in [5, 5.41) is 0.